The lowest BCUT2D eigenvalue weighted by Gasteiger charge is -2.33. The normalized spacial score (nSPS) is 17.5. The molecule has 1 unspecified atom stereocenters. The lowest BCUT2D eigenvalue weighted by molar-refractivity contribution is -0.138. The highest BCUT2D eigenvalue weighted by molar-refractivity contribution is 7.13. The summed E-state index contributed by atoms with van der Waals surface area (Å²) in [5.74, 6) is -2.98. The third-order valence-corrected chi connectivity index (χ3v) is 14.6. The minimum absolute atomic E-state index is 0.122. The number of amides is 3. The Morgan fingerprint density at radius 3 is 2.09 bits per heavy atom. The standard InChI is InChI=1S/C57H70F3N7O11S/c1-35(38-10-12-39(13-11-38)51-37(3)63-34-79-51)64-54(72)47-30-44(68)29-46(47)50(70)52(56(4,5)6)66-49(69)33-77-23-22-75-19-18-74-20-21-76-24-25-78-55-48(67-14-16-73-17-15-67)27-41(31-62-55)45-28-43(32-61-36(45)2)65-53(71)40-8-7-9-42(26-40)57(58,59)60/h7-13,26-28,31-32,34-35,44,46-47,52,68H,14-25,29-30,33H2,1-6H3,(H,64,72)(H,65,71)(H,66,69)/t35-,44-,46?,47+,52-/m0/s1. The molecule has 1 aliphatic heterocycles. The molecule has 3 aromatic heterocycles. The number of carbonyl (C=O) groups excluding carboxylic acids is 4. The summed E-state index contributed by atoms with van der Waals surface area (Å²) in [6.45, 7) is 15.0. The van der Waals surface area contributed by atoms with E-state index in [1.807, 2.05) is 70.5 Å². The fraction of sp³-hybridized carbons (Fsp3) is 0.491. The molecule has 22 heteroatoms. The number of aromatic nitrogens is 3. The molecule has 3 amide bonds. The number of rotatable bonds is 26. The van der Waals surface area contributed by atoms with Gasteiger partial charge in [0, 0.05) is 47.6 Å². The third kappa shape index (κ3) is 17.1. The molecule has 1 aliphatic carbocycles. The van der Waals surface area contributed by atoms with Crippen LogP contribution in [-0.2, 0) is 44.2 Å². The van der Waals surface area contributed by atoms with E-state index < -0.39 is 53.0 Å². The number of morpholine rings is 1. The number of carbonyl (C=O) groups is 4. The zero-order chi connectivity index (χ0) is 56.7. The number of halogens is 3. The number of ether oxygens (including phenoxy) is 6. The maximum atomic E-state index is 14.1. The molecule has 2 aliphatic rings. The van der Waals surface area contributed by atoms with E-state index in [1.165, 1.54) is 18.3 Å². The van der Waals surface area contributed by atoms with E-state index in [2.05, 4.69) is 35.8 Å². The lowest BCUT2D eigenvalue weighted by Crippen LogP contribution is -2.53. The van der Waals surface area contributed by atoms with Gasteiger partial charge in [-0.2, -0.15) is 13.2 Å². The number of aryl methyl sites for hydroxylation is 2. The van der Waals surface area contributed by atoms with Gasteiger partial charge in [-0.15, -0.1) is 11.3 Å². The van der Waals surface area contributed by atoms with E-state index in [1.54, 1.807) is 30.5 Å². The van der Waals surface area contributed by atoms with Gasteiger partial charge in [-0.25, -0.2) is 9.97 Å². The molecule has 0 spiro atoms. The Kier molecular flexibility index (Phi) is 21.5. The van der Waals surface area contributed by atoms with E-state index in [0.717, 1.165) is 39.5 Å². The summed E-state index contributed by atoms with van der Waals surface area (Å²) in [6, 6.07) is 14.5. The van der Waals surface area contributed by atoms with Crippen molar-refractivity contribution in [1.82, 2.24) is 25.6 Å². The van der Waals surface area contributed by atoms with Crippen LogP contribution >= 0.6 is 11.3 Å². The number of aliphatic hydroxyl groups excluding tert-OH is 1. The van der Waals surface area contributed by atoms with Gasteiger partial charge in [0.2, 0.25) is 17.7 Å². The average Bonchev–Trinajstić information content (AvgIpc) is 4.11. The number of nitrogens with one attached hydrogen (secondary N) is 3. The first-order chi connectivity index (χ1) is 37.8. The Hall–Kier alpha value is -6.40. The fourth-order valence-corrected chi connectivity index (χ4v) is 10.1. The summed E-state index contributed by atoms with van der Waals surface area (Å²) in [5.41, 5.74) is 5.96. The fourth-order valence-electron chi connectivity index (χ4n) is 9.34. The molecular weight excluding hydrogens is 1050 g/mol. The minimum Gasteiger partial charge on any atom is -0.474 e. The van der Waals surface area contributed by atoms with Gasteiger partial charge in [0.15, 0.2) is 5.78 Å². The predicted molar refractivity (Wildman–Crippen MR) is 291 cm³/mol. The van der Waals surface area contributed by atoms with E-state index in [9.17, 15) is 37.5 Å². The van der Waals surface area contributed by atoms with Crippen LogP contribution in [0, 0.1) is 31.1 Å². The second-order valence-electron chi connectivity index (χ2n) is 20.5. The highest BCUT2D eigenvalue weighted by Gasteiger charge is 2.47. The number of hydrogen-bond donors (Lipinski definition) is 4. The number of anilines is 2. The third-order valence-electron chi connectivity index (χ3n) is 13.6. The van der Waals surface area contributed by atoms with Gasteiger partial charge in [-0.05, 0) is 80.5 Å². The van der Waals surface area contributed by atoms with Gasteiger partial charge in [-0.3, -0.25) is 24.2 Å². The summed E-state index contributed by atoms with van der Waals surface area (Å²) in [6.07, 6.45) is -2.08. The maximum Gasteiger partial charge on any atom is 0.416 e. The van der Waals surface area contributed by atoms with Crippen molar-refractivity contribution in [3.63, 3.8) is 0 Å². The Morgan fingerprint density at radius 1 is 0.785 bits per heavy atom. The minimum atomic E-state index is -4.59. The van der Waals surface area contributed by atoms with Crippen molar-refractivity contribution in [1.29, 1.82) is 0 Å². The topological polar surface area (TPSA) is 222 Å². The van der Waals surface area contributed by atoms with Crippen molar-refractivity contribution in [2.75, 3.05) is 96.0 Å². The molecule has 426 valence electrons. The first kappa shape index (κ1) is 60.2. The summed E-state index contributed by atoms with van der Waals surface area (Å²) in [4.78, 5) is 70.4. The summed E-state index contributed by atoms with van der Waals surface area (Å²) in [5, 5.41) is 19.2. The molecule has 79 heavy (non-hydrogen) atoms. The van der Waals surface area contributed by atoms with Crippen LogP contribution in [0.1, 0.15) is 79.5 Å². The summed E-state index contributed by atoms with van der Waals surface area (Å²) < 4.78 is 74.0. The molecule has 7 rings (SSSR count). The van der Waals surface area contributed by atoms with Crippen LogP contribution in [0.25, 0.3) is 21.6 Å². The summed E-state index contributed by atoms with van der Waals surface area (Å²) in [7, 11) is 0. The molecule has 4 heterocycles. The Labute approximate surface area is 462 Å². The van der Waals surface area contributed by atoms with Crippen molar-refractivity contribution in [3.8, 4) is 27.4 Å². The Morgan fingerprint density at radius 2 is 1.44 bits per heavy atom. The quantitative estimate of drug-likeness (QED) is 0.0388. The molecule has 0 radical (unpaired) electrons. The Bertz CT molecular complexity index is 2840. The number of alkyl halides is 3. The molecule has 1 saturated carbocycles. The van der Waals surface area contributed by atoms with Crippen LogP contribution in [0.15, 0.2) is 78.6 Å². The second-order valence-corrected chi connectivity index (χ2v) is 21.4. The van der Waals surface area contributed by atoms with Gasteiger partial charge >= 0.3 is 6.18 Å². The number of pyridine rings is 2. The lowest BCUT2D eigenvalue weighted by atomic mass is 9.77. The highest BCUT2D eigenvalue weighted by Crippen LogP contribution is 2.38. The van der Waals surface area contributed by atoms with Crippen molar-refractivity contribution in [2.45, 2.75) is 78.7 Å². The van der Waals surface area contributed by atoms with Crippen LogP contribution < -0.4 is 25.6 Å². The van der Waals surface area contributed by atoms with Crippen molar-refractivity contribution >= 4 is 46.2 Å². The average molecular weight is 1120 g/mol. The van der Waals surface area contributed by atoms with Crippen LogP contribution in [-0.4, -0.2) is 141 Å². The monoisotopic (exact) mass is 1120 g/mol. The number of benzene rings is 2. The van der Waals surface area contributed by atoms with E-state index in [-0.39, 0.29) is 75.8 Å². The van der Waals surface area contributed by atoms with Gasteiger partial charge in [0.05, 0.1) is 117 Å². The smallest absolute Gasteiger partial charge is 0.416 e. The molecule has 1 saturated heterocycles. The summed E-state index contributed by atoms with van der Waals surface area (Å²) >= 11 is 1.57. The van der Waals surface area contributed by atoms with Crippen LogP contribution in [0.5, 0.6) is 5.88 Å². The molecule has 18 nitrogen and oxygen atoms in total. The molecule has 0 bridgehead atoms. The van der Waals surface area contributed by atoms with Gasteiger partial charge < -0.3 is 54.4 Å². The van der Waals surface area contributed by atoms with E-state index in [4.69, 9.17) is 28.4 Å². The van der Waals surface area contributed by atoms with Crippen LogP contribution in [0.4, 0.5) is 24.5 Å². The number of Topliss-reactive ketones (excluding diaryl/α,β-unsaturated/α-hetero) is 1. The second kappa shape index (κ2) is 28.1. The van der Waals surface area contributed by atoms with Gasteiger partial charge in [-0.1, -0.05) is 51.1 Å². The van der Waals surface area contributed by atoms with E-state index >= 15 is 0 Å². The van der Waals surface area contributed by atoms with Gasteiger partial charge in [0.1, 0.15) is 18.9 Å². The number of hydrogen-bond acceptors (Lipinski definition) is 16. The molecule has 2 aromatic carbocycles. The number of ketones is 1. The zero-order valence-electron chi connectivity index (χ0n) is 45.4. The molecule has 5 atom stereocenters. The molecule has 4 N–H and O–H groups in total. The zero-order valence-corrected chi connectivity index (χ0v) is 46.2. The maximum absolute atomic E-state index is 14.1. The first-order valence-corrected chi connectivity index (χ1v) is 27.2. The largest absolute Gasteiger partial charge is 0.474 e. The van der Waals surface area contributed by atoms with Crippen LogP contribution in [0.3, 0.4) is 0 Å². The van der Waals surface area contributed by atoms with Gasteiger partial charge in [0.25, 0.3) is 5.91 Å². The van der Waals surface area contributed by atoms with Crippen LogP contribution in [0.2, 0.25) is 0 Å². The predicted octanol–water partition coefficient (Wildman–Crippen LogP) is 7.80. The highest BCUT2D eigenvalue weighted by atomic mass is 32.1. The van der Waals surface area contributed by atoms with Crippen molar-refractivity contribution < 1.29 is 65.9 Å². The van der Waals surface area contributed by atoms with E-state index in [0.29, 0.717) is 74.5 Å². The number of thiazole rings is 1. The number of nitrogens with zero attached hydrogens (tertiary/aromatic N) is 4. The Balaban J connectivity index is 0.779. The van der Waals surface area contributed by atoms with Crippen molar-refractivity contribution in [3.05, 3.63) is 107 Å². The first-order valence-electron chi connectivity index (χ1n) is 26.3. The SMILES string of the molecule is Cc1ncc(NC(=O)c2cccc(C(F)(F)F)c2)cc1-c1cnc(OCCOCCOCCOCCOCC(=O)N[C@@H](C(=O)C2C[C@H](O)C[C@H]2C(=O)N[C@@H](C)c2ccc(-c3scnc3C)cc2)C(C)(C)C)c(N2CCOCC2)c1. The van der Waals surface area contributed by atoms with Crippen molar-refractivity contribution in [2.24, 2.45) is 17.3 Å². The molecule has 5 aromatic rings. The molecule has 2 fully saturated rings. The number of aliphatic hydroxyl groups is 1. The molecular formula is C57H70F3N7O11S.